The Bertz CT molecular complexity index is 1280. The number of benzene rings is 2. The van der Waals surface area contributed by atoms with Crippen LogP contribution in [0, 0.1) is 11.2 Å². The summed E-state index contributed by atoms with van der Waals surface area (Å²) in [5, 5.41) is 29.6. The van der Waals surface area contributed by atoms with E-state index in [-0.39, 0.29) is 34.7 Å². The van der Waals surface area contributed by atoms with Crippen LogP contribution in [0.1, 0.15) is 57.1 Å². The van der Waals surface area contributed by atoms with E-state index in [1.165, 1.54) is 6.07 Å². The third kappa shape index (κ3) is 4.50. The molecule has 1 unspecified atom stereocenters. The van der Waals surface area contributed by atoms with Gasteiger partial charge in [0.15, 0.2) is 0 Å². The largest absolute Gasteiger partial charge is 0.390 e. The van der Waals surface area contributed by atoms with E-state index in [9.17, 15) is 19.8 Å². The zero-order chi connectivity index (χ0) is 27.6. The summed E-state index contributed by atoms with van der Waals surface area (Å²) in [5.41, 5.74) is -0.261. The molecule has 1 saturated carbocycles. The van der Waals surface area contributed by atoms with Gasteiger partial charge in [0.25, 0.3) is 0 Å². The molecule has 0 radical (unpaired) electrons. The van der Waals surface area contributed by atoms with Gasteiger partial charge in [-0.05, 0) is 54.0 Å². The summed E-state index contributed by atoms with van der Waals surface area (Å²) >= 11 is 12.5. The van der Waals surface area contributed by atoms with Crippen LogP contribution in [0.4, 0.5) is 10.1 Å². The molecule has 5 N–H and O–H groups in total. The molecule has 204 valence electrons. The summed E-state index contributed by atoms with van der Waals surface area (Å²) in [6.45, 7) is 6.13. The van der Waals surface area contributed by atoms with Gasteiger partial charge in [-0.25, -0.2) is 4.39 Å². The molecular formula is C28H32Cl2FN3O4. The lowest BCUT2D eigenvalue weighted by Gasteiger charge is -2.37. The summed E-state index contributed by atoms with van der Waals surface area (Å²) in [5.74, 6) is -2.42. The average molecular weight is 564 g/mol. The molecule has 38 heavy (non-hydrogen) atoms. The number of aliphatic hydroxyl groups excluding tert-OH is 2. The van der Waals surface area contributed by atoms with E-state index in [2.05, 4.69) is 16.0 Å². The van der Waals surface area contributed by atoms with Gasteiger partial charge < -0.3 is 26.2 Å². The minimum Gasteiger partial charge on any atom is -0.390 e. The molecule has 1 spiro atoms. The number of fused-ring (bicyclic) bond motifs is 2. The van der Waals surface area contributed by atoms with Crippen molar-refractivity contribution < 1.29 is 24.2 Å². The van der Waals surface area contributed by atoms with Gasteiger partial charge in [0.05, 0.1) is 23.3 Å². The Kier molecular flexibility index (Phi) is 7.02. The maximum Gasteiger partial charge on any atom is 0.238 e. The van der Waals surface area contributed by atoms with E-state index in [1.54, 1.807) is 30.3 Å². The Balaban J connectivity index is 1.68. The molecule has 0 aromatic heterocycles. The van der Waals surface area contributed by atoms with Crippen molar-refractivity contribution in [3.8, 4) is 0 Å². The second-order valence-electron chi connectivity index (χ2n) is 11.9. The standard InChI is InChI=1S/C28H32Cl2FN3O4/c1-27(2,3)12-21-28(16-8-7-13(29)9-18(16)33-26(28)38)22(15-5-4-6-17(30)23(15)31)24(34-21)25(37)32-14-10-19(35)20(36)11-14/h4-9,14,19-22,24,34-36H,10-12H2,1-3H3,(H,32,37)(H,33,38)/t14?,19-,20+,21-,22+,24-,28+/m1/s1. The van der Waals surface area contributed by atoms with Gasteiger partial charge in [0.2, 0.25) is 11.8 Å². The topological polar surface area (TPSA) is 111 Å². The molecule has 7 atom stereocenters. The number of nitrogens with one attached hydrogen (secondary N) is 3. The fourth-order valence-corrected chi connectivity index (χ4v) is 6.91. The maximum atomic E-state index is 15.8. The van der Waals surface area contributed by atoms with Crippen molar-refractivity contribution in [3.05, 3.63) is 63.4 Å². The first-order chi connectivity index (χ1) is 17.8. The van der Waals surface area contributed by atoms with Crippen molar-refractivity contribution in [1.82, 2.24) is 10.6 Å². The fraction of sp³-hybridized carbons (Fsp3) is 0.500. The second kappa shape index (κ2) is 9.75. The Labute approximate surface area is 231 Å². The summed E-state index contributed by atoms with van der Waals surface area (Å²) in [6.07, 6.45) is -0.959. The number of hydrogen-bond donors (Lipinski definition) is 5. The summed E-state index contributed by atoms with van der Waals surface area (Å²) in [7, 11) is 0. The molecule has 1 aliphatic carbocycles. The highest BCUT2D eigenvalue weighted by Crippen LogP contribution is 2.57. The SMILES string of the molecule is CC(C)(C)C[C@H]1N[C@@H](C(=O)NC2C[C@@H](O)[C@@H](O)C2)[C@H](c2cccc(Cl)c2F)[C@@]12C(=O)Nc1cc(Cl)ccc12. The van der Waals surface area contributed by atoms with Crippen LogP contribution < -0.4 is 16.0 Å². The molecule has 5 rings (SSSR count). The lowest BCUT2D eigenvalue weighted by molar-refractivity contribution is -0.124. The molecule has 2 amide bonds. The molecule has 0 bridgehead atoms. The molecule has 3 aliphatic rings. The number of amides is 2. The third-order valence-electron chi connectivity index (χ3n) is 8.06. The average Bonchev–Trinajstić information content (AvgIpc) is 3.41. The van der Waals surface area contributed by atoms with Crippen LogP contribution in [-0.4, -0.2) is 52.4 Å². The van der Waals surface area contributed by atoms with Crippen LogP contribution >= 0.6 is 23.2 Å². The first kappa shape index (κ1) is 27.3. The fourth-order valence-electron chi connectivity index (χ4n) is 6.55. The Morgan fingerprint density at radius 2 is 1.84 bits per heavy atom. The van der Waals surface area contributed by atoms with Crippen LogP contribution in [0.5, 0.6) is 0 Å². The van der Waals surface area contributed by atoms with Crippen molar-refractivity contribution in [3.63, 3.8) is 0 Å². The van der Waals surface area contributed by atoms with Gasteiger partial charge in [-0.3, -0.25) is 9.59 Å². The van der Waals surface area contributed by atoms with Crippen molar-refractivity contribution >= 4 is 40.7 Å². The van der Waals surface area contributed by atoms with Crippen molar-refractivity contribution in [1.29, 1.82) is 0 Å². The predicted molar refractivity (Wildman–Crippen MR) is 144 cm³/mol. The first-order valence-electron chi connectivity index (χ1n) is 12.8. The zero-order valence-electron chi connectivity index (χ0n) is 21.4. The van der Waals surface area contributed by atoms with E-state index >= 15 is 4.39 Å². The van der Waals surface area contributed by atoms with Gasteiger partial charge in [-0.1, -0.05) is 62.2 Å². The monoisotopic (exact) mass is 563 g/mol. The highest BCUT2D eigenvalue weighted by Gasteiger charge is 2.66. The maximum absolute atomic E-state index is 15.8. The number of rotatable bonds is 4. The minimum atomic E-state index is -1.34. The number of anilines is 1. The van der Waals surface area contributed by atoms with Gasteiger partial charge in [0.1, 0.15) is 11.2 Å². The molecule has 2 aliphatic heterocycles. The van der Waals surface area contributed by atoms with Gasteiger partial charge in [-0.15, -0.1) is 0 Å². The second-order valence-corrected chi connectivity index (χ2v) is 12.8. The minimum absolute atomic E-state index is 0.104. The molecule has 2 aromatic carbocycles. The highest BCUT2D eigenvalue weighted by atomic mass is 35.5. The molecule has 2 aromatic rings. The Morgan fingerprint density at radius 3 is 2.50 bits per heavy atom. The van der Waals surface area contributed by atoms with E-state index in [4.69, 9.17) is 23.2 Å². The molecule has 10 heteroatoms. The van der Waals surface area contributed by atoms with Gasteiger partial charge in [0, 0.05) is 28.7 Å². The van der Waals surface area contributed by atoms with Crippen molar-refractivity contribution in [2.45, 2.75) is 81.7 Å². The molecular weight excluding hydrogens is 532 g/mol. The molecule has 1 saturated heterocycles. The third-order valence-corrected chi connectivity index (χ3v) is 8.59. The van der Waals surface area contributed by atoms with E-state index in [0.717, 1.165) is 0 Å². The number of carbonyl (C=O) groups excluding carboxylic acids is 2. The van der Waals surface area contributed by atoms with E-state index in [0.29, 0.717) is 22.7 Å². The zero-order valence-corrected chi connectivity index (χ0v) is 22.9. The number of hydrogen-bond acceptors (Lipinski definition) is 5. The predicted octanol–water partition coefficient (Wildman–Crippen LogP) is 3.88. The Morgan fingerprint density at radius 1 is 1.16 bits per heavy atom. The normalized spacial score (nSPS) is 32.5. The smallest absolute Gasteiger partial charge is 0.238 e. The summed E-state index contributed by atoms with van der Waals surface area (Å²) in [6, 6.07) is 7.74. The highest BCUT2D eigenvalue weighted by molar-refractivity contribution is 6.31. The van der Waals surface area contributed by atoms with Gasteiger partial charge >= 0.3 is 0 Å². The Hall–Kier alpha value is -2.23. The molecule has 7 nitrogen and oxygen atoms in total. The van der Waals surface area contributed by atoms with Crippen LogP contribution in [0.2, 0.25) is 10.0 Å². The van der Waals surface area contributed by atoms with Crippen LogP contribution in [0.3, 0.4) is 0 Å². The lowest BCUT2D eigenvalue weighted by Crippen LogP contribution is -2.49. The summed E-state index contributed by atoms with van der Waals surface area (Å²) in [4.78, 5) is 28.0. The first-order valence-corrected chi connectivity index (χ1v) is 13.6. The van der Waals surface area contributed by atoms with Crippen LogP contribution in [-0.2, 0) is 15.0 Å². The molecule has 2 fully saturated rings. The molecule has 2 heterocycles. The number of halogens is 3. The summed E-state index contributed by atoms with van der Waals surface area (Å²) < 4.78 is 15.8. The van der Waals surface area contributed by atoms with Crippen LogP contribution in [0.15, 0.2) is 36.4 Å². The van der Waals surface area contributed by atoms with Crippen molar-refractivity contribution in [2.75, 3.05) is 5.32 Å². The number of carbonyl (C=O) groups is 2. The van der Waals surface area contributed by atoms with E-state index in [1.807, 2.05) is 20.8 Å². The lowest BCUT2D eigenvalue weighted by atomic mass is 9.62. The van der Waals surface area contributed by atoms with Crippen LogP contribution in [0.25, 0.3) is 0 Å². The quantitative estimate of drug-likeness (QED) is 0.387. The van der Waals surface area contributed by atoms with Crippen molar-refractivity contribution in [2.24, 2.45) is 5.41 Å². The van der Waals surface area contributed by atoms with E-state index < -0.39 is 53.4 Å². The number of aliphatic hydroxyl groups is 2. The van der Waals surface area contributed by atoms with Gasteiger partial charge in [-0.2, -0.15) is 0 Å².